The van der Waals surface area contributed by atoms with E-state index in [0.29, 0.717) is 48.9 Å². The Morgan fingerprint density at radius 1 is 1.19 bits per heavy atom. The predicted molar refractivity (Wildman–Crippen MR) is 139 cm³/mol. The lowest BCUT2D eigenvalue weighted by atomic mass is 10.0. The highest BCUT2D eigenvalue weighted by molar-refractivity contribution is 7.90. The number of rotatable bonds is 8. The van der Waals surface area contributed by atoms with E-state index in [-0.39, 0.29) is 23.4 Å². The maximum atomic E-state index is 13.6. The molecule has 11 heteroatoms. The number of amides is 1. The van der Waals surface area contributed by atoms with Gasteiger partial charge in [0.25, 0.3) is 5.91 Å². The van der Waals surface area contributed by atoms with E-state index >= 15 is 0 Å². The van der Waals surface area contributed by atoms with Crippen molar-refractivity contribution >= 4 is 15.7 Å². The molecular formula is C26H37N5O5S. The number of carbonyl (C=O) groups is 1. The number of methoxy groups -OCH3 is 1. The zero-order valence-corrected chi connectivity index (χ0v) is 22.6. The van der Waals surface area contributed by atoms with Crippen molar-refractivity contribution in [2.45, 2.75) is 29.5 Å². The number of hydrogen-bond donors (Lipinski definition) is 0. The average Bonchev–Trinajstić information content (AvgIpc) is 3.29. The number of aromatic nitrogens is 2. The van der Waals surface area contributed by atoms with Crippen LogP contribution in [-0.2, 0) is 25.1 Å². The minimum Gasteiger partial charge on any atom is -0.383 e. The molecule has 37 heavy (non-hydrogen) atoms. The van der Waals surface area contributed by atoms with Crippen molar-refractivity contribution < 1.29 is 22.7 Å². The number of piperidine rings is 1. The first-order valence-corrected chi connectivity index (χ1v) is 14.7. The highest BCUT2D eigenvalue weighted by Gasteiger charge is 2.38. The Hall–Kier alpha value is -2.31. The fourth-order valence-corrected chi connectivity index (χ4v) is 7.14. The topological polar surface area (TPSA) is 97.2 Å². The van der Waals surface area contributed by atoms with Crippen LogP contribution in [0.25, 0.3) is 11.3 Å². The number of fused-ring (bicyclic) bond motifs is 3. The molecule has 0 saturated carbocycles. The molecule has 202 valence electrons. The molecule has 1 aromatic carbocycles. The van der Waals surface area contributed by atoms with Crippen molar-refractivity contribution in [3.05, 3.63) is 35.5 Å². The predicted octanol–water partition coefficient (Wildman–Crippen LogP) is 1.52. The van der Waals surface area contributed by atoms with Crippen molar-refractivity contribution in [3.8, 4) is 11.3 Å². The molecule has 0 unspecified atom stereocenters. The molecule has 0 aliphatic carbocycles. The summed E-state index contributed by atoms with van der Waals surface area (Å²) in [6.07, 6.45) is 1.96. The number of carbonyl (C=O) groups excluding carboxylic acids is 1. The van der Waals surface area contributed by atoms with Crippen LogP contribution in [-0.4, -0.2) is 119 Å². The van der Waals surface area contributed by atoms with Crippen LogP contribution in [0.3, 0.4) is 0 Å². The van der Waals surface area contributed by atoms with Gasteiger partial charge in [-0.1, -0.05) is 18.2 Å². The molecule has 1 aromatic heterocycles. The van der Waals surface area contributed by atoms with Gasteiger partial charge >= 0.3 is 0 Å². The molecule has 0 spiro atoms. The normalized spacial score (nSPS) is 21.6. The van der Waals surface area contributed by atoms with Crippen LogP contribution >= 0.6 is 0 Å². The Kier molecular flexibility index (Phi) is 7.96. The Bertz CT molecular complexity index is 1220. The molecule has 5 rings (SSSR count). The van der Waals surface area contributed by atoms with Gasteiger partial charge in [-0.15, -0.1) is 0 Å². The highest BCUT2D eigenvalue weighted by atomic mass is 32.2. The molecule has 3 aliphatic heterocycles. The van der Waals surface area contributed by atoms with Crippen LogP contribution in [0.4, 0.5) is 0 Å². The Morgan fingerprint density at radius 2 is 1.97 bits per heavy atom. The van der Waals surface area contributed by atoms with Gasteiger partial charge in [-0.2, -0.15) is 5.10 Å². The van der Waals surface area contributed by atoms with E-state index in [9.17, 15) is 13.2 Å². The number of ether oxygens (including phenoxy) is 2. The second-order valence-corrected chi connectivity index (χ2v) is 12.1. The summed E-state index contributed by atoms with van der Waals surface area (Å²) in [6, 6.07) is 7.18. The maximum Gasteiger partial charge on any atom is 0.274 e. The fourth-order valence-electron chi connectivity index (χ4n) is 5.55. The zero-order chi connectivity index (χ0) is 26.0. The molecule has 4 heterocycles. The molecule has 0 bridgehead atoms. The third-order valence-electron chi connectivity index (χ3n) is 7.62. The molecule has 0 radical (unpaired) electrons. The van der Waals surface area contributed by atoms with E-state index in [1.54, 1.807) is 24.1 Å². The van der Waals surface area contributed by atoms with Crippen LogP contribution in [0.2, 0.25) is 0 Å². The van der Waals surface area contributed by atoms with Gasteiger partial charge in [0.05, 0.1) is 42.2 Å². The first-order chi connectivity index (χ1) is 17.9. The quantitative estimate of drug-likeness (QED) is 0.506. The lowest BCUT2D eigenvalue weighted by Crippen LogP contribution is -2.42. The molecule has 2 saturated heterocycles. The minimum atomic E-state index is -3.57. The summed E-state index contributed by atoms with van der Waals surface area (Å²) < 4.78 is 39.1. The van der Waals surface area contributed by atoms with Gasteiger partial charge in [0.1, 0.15) is 0 Å². The van der Waals surface area contributed by atoms with Gasteiger partial charge in [0, 0.05) is 57.5 Å². The van der Waals surface area contributed by atoms with Crippen LogP contribution < -0.4 is 0 Å². The van der Waals surface area contributed by atoms with Crippen LogP contribution in [0.15, 0.2) is 29.2 Å². The summed E-state index contributed by atoms with van der Waals surface area (Å²) in [5.74, 6) is -0.411. The highest BCUT2D eigenvalue weighted by Crippen LogP contribution is 2.41. The second-order valence-electron chi connectivity index (χ2n) is 10.2. The van der Waals surface area contributed by atoms with E-state index in [1.165, 1.54) is 0 Å². The number of hydrogen-bond acceptors (Lipinski definition) is 8. The van der Waals surface area contributed by atoms with Crippen LogP contribution in [0.5, 0.6) is 0 Å². The van der Waals surface area contributed by atoms with Gasteiger partial charge < -0.3 is 19.3 Å². The number of benzene rings is 1. The smallest absolute Gasteiger partial charge is 0.274 e. The standard InChI is InChI=1S/C26H37N5O5S/c1-28(12-15-35-2)10-11-29-9-5-6-20(18-29)31-25-21-7-3-4-8-23(21)37(33,34)19-22(25)24(27-31)26(32)30-13-16-36-17-14-30/h3-4,7-8,20H,5-6,9-19H2,1-2H3/t20-/m0/s1. The van der Waals surface area contributed by atoms with Crippen molar-refractivity contribution in [1.82, 2.24) is 24.5 Å². The van der Waals surface area contributed by atoms with E-state index in [4.69, 9.17) is 14.6 Å². The minimum absolute atomic E-state index is 0.0619. The maximum absolute atomic E-state index is 13.6. The average molecular weight is 532 g/mol. The first-order valence-electron chi connectivity index (χ1n) is 13.1. The van der Waals surface area contributed by atoms with E-state index in [2.05, 4.69) is 16.8 Å². The van der Waals surface area contributed by atoms with Crippen LogP contribution in [0.1, 0.15) is 34.9 Å². The summed E-state index contributed by atoms with van der Waals surface area (Å²) in [5.41, 5.74) is 2.23. The number of likely N-dealkylation sites (tertiary alicyclic amines) is 1. The summed E-state index contributed by atoms with van der Waals surface area (Å²) >= 11 is 0. The van der Waals surface area contributed by atoms with E-state index in [0.717, 1.165) is 51.3 Å². The summed E-state index contributed by atoms with van der Waals surface area (Å²) in [6.45, 7) is 7.22. The van der Waals surface area contributed by atoms with Gasteiger partial charge in [-0.05, 0) is 32.5 Å². The van der Waals surface area contributed by atoms with Crippen molar-refractivity contribution in [2.24, 2.45) is 0 Å². The summed E-state index contributed by atoms with van der Waals surface area (Å²) in [5, 5.41) is 4.89. The molecule has 10 nitrogen and oxygen atoms in total. The van der Waals surface area contributed by atoms with Crippen molar-refractivity contribution in [3.63, 3.8) is 0 Å². The van der Waals surface area contributed by atoms with Crippen LogP contribution in [0, 0.1) is 0 Å². The second kappa shape index (κ2) is 11.2. The zero-order valence-electron chi connectivity index (χ0n) is 21.8. The molecule has 2 fully saturated rings. The van der Waals surface area contributed by atoms with E-state index < -0.39 is 9.84 Å². The Morgan fingerprint density at radius 3 is 2.76 bits per heavy atom. The number of sulfone groups is 1. The van der Waals surface area contributed by atoms with Crippen molar-refractivity contribution in [1.29, 1.82) is 0 Å². The molecule has 0 N–H and O–H groups in total. The van der Waals surface area contributed by atoms with Gasteiger partial charge in [-0.3, -0.25) is 14.4 Å². The largest absolute Gasteiger partial charge is 0.383 e. The third kappa shape index (κ3) is 5.46. The lowest BCUT2D eigenvalue weighted by molar-refractivity contribution is 0.0297. The number of likely N-dealkylation sites (N-methyl/N-ethyl adjacent to an activating group) is 1. The molecule has 1 atom stereocenters. The molecular weight excluding hydrogens is 494 g/mol. The number of morpholine rings is 1. The van der Waals surface area contributed by atoms with Gasteiger partial charge in [0.2, 0.25) is 0 Å². The molecule has 3 aliphatic rings. The summed E-state index contributed by atoms with van der Waals surface area (Å²) in [7, 11) is 0.249. The first kappa shape index (κ1) is 26.3. The van der Waals surface area contributed by atoms with Crippen molar-refractivity contribution in [2.75, 3.05) is 79.8 Å². The monoisotopic (exact) mass is 531 g/mol. The molecule has 1 amide bonds. The Labute approximate surface area is 219 Å². The SMILES string of the molecule is COCCN(C)CCN1CCC[C@H](n2nc(C(=O)N3CCOCC3)c3c2-c2ccccc2S(=O)(=O)C3)C1. The molecule has 2 aromatic rings. The fraction of sp³-hybridized carbons (Fsp3) is 0.615. The van der Waals surface area contributed by atoms with Gasteiger partial charge in [-0.25, -0.2) is 8.42 Å². The lowest BCUT2D eigenvalue weighted by Gasteiger charge is -2.35. The number of nitrogens with zero attached hydrogens (tertiary/aromatic N) is 5. The Balaban J connectivity index is 1.48. The third-order valence-corrected chi connectivity index (χ3v) is 9.32. The van der Waals surface area contributed by atoms with Gasteiger partial charge in [0.15, 0.2) is 15.5 Å². The summed E-state index contributed by atoms with van der Waals surface area (Å²) in [4.78, 5) is 20.4. The van der Waals surface area contributed by atoms with E-state index in [1.807, 2.05) is 16.8 Å².